The van der Waals surface area contributed by atoms with Crippen molar-refractivity contribution in [3.8, 4) is 11.7 Å². The lowest BCUT2D eigenvalue weighted by atomic mass is 10.0. The lowest BCUT2D eigenvalue weighted by molar-refractivity contribution is -0.190. The van der Waals surface area contributed by atoms with E-state index in [2.05, 4.69) is 20.3 Å². The van der Waals surface area contributed by atoms with Crippen LogP contribution in [0, 0.1) is 12.3 Å². The van der Waals surface area contributed by atoms with Crippen molar-refractivity contribution in [3.63, 3.8) is 0 Å². The summed E-state index contributed by atoms with van der Waals surface area (Å²) < 4.78 is 74.0. The van der Waals surface area contributed by atoms with Crippen molar-refractivity contribution >= 4 is 40.9 Å². The summed E-state index contributed by atoms with van der Waals surface area (Å²) in [5, 5.41) is 11.1. The molecule has 0 bridgehead atoms. The molecular formula is C22H26ClF3N6O4SSi. The van der Waals surface area contributed by atoms with Crippen molar-refractivity contribution < 1.29 is 31.1 Å². The maximum Gasteiger partial charge on any atom is 0.394 e. The quantitative estimate of drug-likeness (QED) is 0.287. The number of aromatic nitrogens is 5. The van der Waals surface area contributed by atoms with Crippen molar-refractivity contribution in [1.29, 1.82) is 0 Å². The van der Waals surface area contributed by atoms with E-state index < -0.39 is 35.6 Å². The predicted octanol–water partition coefficient (Wildman–Crippen LogP) is 3.73. The Hall–Kier alpha value is -2.91. The number of aromatic amines is 1. The molecule has 1 aliphatic rings. The molecule has 0 aromatic carbocycles. The second-order valence-corrected chi connectivity index (χ2v) is 17.1. The summed E-state index contributed by atoms with van der Waals surface area (Å²) in [6.45, 7) is 7.21. The zero-order valence-corrected chi connectivity index (χ0v) is 23.6. The molecule has 0 atom stereocenters. The molecule has 3 aromatic heterocycles. The number of sulfonamides is 1. The van der Waals surface area contributed by atoms with Gasteiger partial charge in [-0.2, -0.15) is 18.3 Å². The van der Waals surface area contributed by atoms with E-state index in [1.165, 1.54) is 29.1 Å². The minimum atomic E-state index is -4.26. The van der Waals surface area contributed by atoms with Gasteiger partial charge in [-0.25, -0.2) is 22.8 Å². The van der Waals surface area contributed by atoms with E-state index in [1.54, 1.807) is 6.92 Å². The molecular weight excluding hydrogens is 565 g/mol. The average molecular weight is 591 g/mol. The first kappa shape index (κ1) is 28.1. The fraction of sp³-hybridized carbons (Fsp3) is 0.455. The number of ether oxygens (including phenoxy) is 1. The summed E-state index contributed by atoms with van der Waals surface area (Å²) >= 11 is 6.20. The van der Waals surface area contributed by atoms with Crippen LogP contribution in [0.1, 0.15) is 35.3 Å². The third kappa shape index (κ3) is 5.59. The summed E-state index contributed by atoms with van der Waals surface area (Å²) in [7, 11) is -6.41. The SMILES string of the molecule is Cc1[nH]nc([Si](C)(C)C)c1S(=O)(=O)NC(=O)c1ccc(-n2ccc(OCCC3(C(F)(F)F)CC3)n2)nc1Cl. The topological polar surface area (TPSA) is 132 Å². The van der Waals surface area contributed by atoms with E-state index in [-0.39, 0.29) is 53.2 Å². The largest absolute Gasteiger partial charge is 0.477 e. The van der Waals surface area contributed by atoms with Crippen LogP contribution in [0.25, 0.3) is 5.82 Å². The number of H-pyrrole nitrogens is 1. The normalized spacial score (nSPS) is 15.4. The van der Waals surface area contributed by atoms with Crippen LogP contribution in [-0.4, -0.2) is 60.1 Å². The molecule has 0 spiro atoms. The number of hydrogen-bond donors (Lipinski definition) is 2. The highest BCUT2D eigenvalue weighted by Crippen LogP contribution is 2.59. The number of rotatable bonds is 9. The van der Waals surface area contributed by atoms with Gasteiger partial charge in [-0.05, 0) is 38.3 Å². The first-order valence-electron chi connectivity index (χ1n) is 11.6. The van der Waals surface area contributed by atoms with Gasteiger partial charge in [0.05, 0.1) is 28.6 Å². The van der Waals surface area contributed by atoms with Crippen LogP contribution >= 0.6 is 11.6 Å². The van der Waals surface area contributed by atoms with Crippen LogP contribution in [0.5, 0.6) is 5.88 Å². The van der Waals surface area contributed by atoms with Crippen LogP contribution in [0.3, 0.4) is 0 Å². The number of amides is 1. The molecule has 2 N–H and O–H groups in total. The number of carbonyl (C=O) groups is 1. The minimum absolute atomic E-state index is 0.0578. The Labute approximate surface area is 223 Å². The highest BCUT2D eigenvalue weighted by molar-refractivity contribution is 7.90. The average Bonchev–Trinajstić information content (AvgIpc) is 3.25. The van der Waals surface area contributed by atoms with Gasteiger partial charge in [0, 0.05) is 12.3 Å². The van der Waals surface area contributed by atoms with Gasteiger partial charge in [0.1, 0.15) is 18.1 Å². The summed E-state index contributed by atoms with van der Waals surface area (Å²) in [4.78, 5) is 16.9. The molecule has 0 saturated heterocycles. The van der Waals surface area contributed by atoms with E-state index in [0.717, 1.165) is 0 Å². The van der Waals surface area contributed by atoms with Crippen LogP contribution < -0.4 is 14.8 Å². The van der Waals surface area contributed by atoms with Gasteiger partial charge in [-0.3, -0.25) is 9.89 Å². The summed E-state index contributed by atoms with van der Waals surface area (Å²) in [6, 6.07) is 4.14. The van der Waals surface area contributed by atoms with E-state index >= 15 is 0 Å². The molecule has 0 aliphatic heterocycles. The Morgan fingerprint density at radius 1 is 1.26 bits per heavy atom. The number of carbonyl (C=O) groups excluding carboxylic acids is 1. The van der Waals surface area contributed by atoms with E-state index in [1.807, 2.05) is 24.4 Å². The molecule has 206 valence electrons. The first-order chi connectivity index (χ1) is 17.5. The minimum Gasteiger partial charge on any atom is -0.477 e. The zero-order chi connectivity index (χ0) is 28.1. The third-order valence-electron chi connectivity index (χ3n) is 6.26. The second-order valence-electron chi connectivity index (χ2n) is 10.2. The zero-order valence-electron chi connectivity index (χ0n) is 21.0. The van der Waals surface area contributed by atoms with Crippen LogP contribution in [0.4, 0.5) is 13.2 Å². The number of hydrogen-bond acceptors (Lipinski definition) is 7. The lowest BCUT2D eigenvalue weighted by Gasteiger charge is -2.18. The van der Waals surface area contributed by atoms with Crippen molar-refractivity contribution in [2.24, 2.45) is 5.41 Å². The molecule has 1 fully saturated rings. The number of alkyl halides is 3. The molecule has 1 saturated carbocycles. The molecule has 1 aliphatic carbocycles. The highest BCUT2D eigenvalue weighted by atomic mass is 35.5. The van der Waals surface area contributed by atoms with Crippen LogP contribution in [-0.2, 0) is 10.0 Å². The standard InChI is InChI=1S/C22H26ClF3N6O4SSi/c1-13-17(20(29-28-13)38(2,3)4)37(34,35)31-19(33)14-5-6-15(27-18(14)23)32-11-7-16(30-32)36-12-10-21(8-9-21)22(24,25)26/h5-7,11H,8-10,12H2,1-4H3,(H,28,29)(H,31,33). The molecule has 10 nitrogen and oxygen atoms in total. The van der Waals surface area contributed by atoms with E-state index in [0.29, 0.717) is 11.0 Å². The Kier molecular flexibility index (Phi) is 7.16. The number of nitrogens with one attached hydrogen (secondary N) is 2. The van der Waals surface area contributed by atoms with Gasteiger partial charge in [0.2, 0.25) is 5.88 Å². The van der Waals surface area contributed by atoms with Crippen molar-refractivity contribution in [1.82, 2.24) is 29.7 Å². The number of aryl methyl sites for hydroxylation is 1. The fourth-order valence-electron chi connectivity index (χ4n) is 3.89. The van der Waals surface area contributed by atoms with Gasteiger partial charge >= 0.3 is 6.18 Å². The molecule has 3 heterocycles. The Morgan fingerprint density at radius 2 is 1.95 bits per heavy atom. The smallest absolute Gasteiger partial charge is 0.394 e. The van der Waals surface area contributed by atoms with Crippen molar-refractivity contribution in [2.45, 2.75) is 56.9 Å². The third-order valence-corrected chi connectivity index (χ3v) is 10.0. The Bertz CT molecular complexity index is 1480. The number of nitrogens with zero attached hydrogens (tertiary/aromatic N) is 4. The monoisotopic (exact) mass is 590 g/mol. The lowest BCUT2D eigenvalue weighted by Crippen LogP contribution is -2.44. The molecule has 0 unspecified atom stereocenters. The van der Waals surface area contributed by atoms with Gasteiger partial charge in [0.25, 0.3) is 15.9 Å². The molecule has 16 heteroatoms. The van der Waals surface area contributed by atoms with E-state index in [9.17, 15) is 26.4 Å². The number of pyridine rings is 1. The van der Waals surface area contributed by atoms with Crippen molar-refractivity contribution in [3.05, 3.63) is 40.8 Å². The van der Waals surface area contributed by atoms with Gasteiger partial charge in [0.15, 0.2) is 5.82 Å². The van der Waals surface area contributed by atoms with Gasteiger partial charge in [-0.15, -0.1) is 5.10 Å². The highest BCUT2D eigenvalue weighted by Gasteiger charge is 2.62. The molecule has 0 radical (unpaired) electrons. The maximum absolute atomic E-state index is 13.1. The van der Waals surface area contributed by atoms with Gasteiger partial charge < -0.3 is 4.74 Å². The summed E-state index contributed by atoms with van der Waals surface area (Å²) in [6.07, 6.45) is -2.75. The van der Waals surface area contributed by atoms with E-state index in [4.69, 9.17) is 16.3 Å². The van der Waals surface area contributed by atoms with Crippen LogP contribution in [0.15, 0.2) is 29.3 Å². The molecule has 1 amide bonds. The van der Waals surface area contributed by atoms with Crippen LogP contribution in [0.2, 0.25) is 24.8 Å². The molecule has 3 aromatic rings. The predicted molar refractivity (Wildman–Crippen MR) is 135 cm³/mol. The number of halogens is 4. The van der Waals surface area contributed by atoms with Gasteiger partial charge in [-0.1, -0.05) is 31.2 Å². The molecule has 4 rings (SSSR count). The maximum atomic E-state index is 13.1. The second kappa shape index (κ2) is 9.68. The first-order valence-corrected chi connectivity index (χ1v) is 16.9. The summed E-state index contributed by atoms with van der Waals surface area (Å²) in [5.41, 5.74) is -1.54. The fourth-order valence-corrected chi connectivity index (χ4v) is 7.92. The Morgan fingerprint density at radius 3 is 2.53 bits per heavy atom. The molecule has 38 heavy (non-hydrogen) atoms. The van der Waals surface area contributed by atoms with Crippen molar-refractivity contribution in [2.75, 3.05) is 6.61 Å². The Balaban J connectivity index is 1.45. The summed E-state index contributed by atoms with van der Waals surface area (Å²) in [5.74, 6) is -0.688.